The summed E-state index contributed by atoms with van der Waals surface area (Å²) < 4.78 is 1.55. The largest absolute Gasteiger partial charge is 0.508 e. The van der Waals surface area contributed by atoms with E-state index in [0.717, 1.165) is 11.3 Å². The van der Waals surface area contributed by atoms with Crippen molar-refractivity contribution in [3.05, 3.63) is 64.6 Å². The molecule has 0 radical (unpaired) electrons. The molecule has 86 valence electrons. The van der Waals surface area contributed by atoms with Gasteiger partial charge in [0.1, 0.15) is 5.75 Å². The lowest BCUT2D eigenvalue weighted by Gasteiger charge is -2.10. The minimum Gasteiger partial charge on any atom is -0.508 e. The molecule has 2 aromatic rings. The second-order valence-corrected chi connectivity index (χ2v) is 3.82. The summed E-state index contributed by atoms with van der Waals surface area (Å²) in [5.74, 6) is -0.00791. The molecule has 17 heavy (non-hydrogen) atoms. The lowest BCUT2D eigenvalue weighted by molar-refractivity contribution is 0.472. The minimum absolute atomic E-state index is 0.00791. The van der Waals surface area contributed by atoms with Gasteiger partial charge in [0.15, 0.2) is 0 Å². The van der Waals surface area contributed by atoms with E-state index in [2.05, 4.69) is 6.58 Å². The van der Waals surface area contributed by atoms with E-state index in [1.807, 2.05) is 24.3 Å². The fourth-order valence-electron chi connectivity index (χ4n) is 1.78. The van der Waals surface area contributed by atoms with Gasteiger partial charge in [0.25, 0.3) is 5.56 Å². The van der Waals surface area contributed by atoms with E-state index in [0.29, 0.717) is 5.69 Å². The molecule has 1 aromatic heterocycles. The number of pyridine rings is 1. The van der Waals surface area contributed by atoms with E-state index in [4.69, 9.17) is 0 Å². The first-order valence-electron chi connectivity index (χ1n) is 5.27. The van der Waals surface area contributed by atoms with Crippen LogP contribution in [0.1, 0.15) is 11.3 Å². The maximum absolute atomic E-state index is 11.8. The van der Waals surface area contributed by atoms with E-state index in [1.165, 1.54) is 6.07 Å². The van der Waals surface area contributed by atoms with Gasteiger partial charge in [0.2, 0.25) is 0 Å². The molecule has 1 aromatic carbocycles. The number of aryl methyl sites for hydroxylation is 1. The Morgan fingerprint density at radius 3 is 2.41 bits per heavy atom. The maximum atomic E-state index is 11.8. The second kappa shape index (κ2) is 4.29. The van der Waals surface area contributed by atoms with Crippen LogP contribution in [0.2, 0.25) is 0 Å². The third-order valence-corrected chi connectivity index (χ3v) is 2.59. The summed E-state index contributed by atoms with van der Waals surface area (Å²) in [6.45, 7) is 5.46. The number of hydrogen-bond acceptors (Lipinski definition) is 2. The van der Waals surface area contributed by atoms with Gasteiger partial charge in [0, 0.05) is 17.4 Å². The first kappa shape index (κ1) is 11.2. The predicted octanol–water partition coefficient (Wildman–Crippen LogP) is 2.49. The Morgan fingerprint density at radius 2 is 1.88 bits per heavy atom. The molecule has 0 saturated heterocycles. The van der Waals surface area contributed by atoms with Gasteiger partial charge in [-0.2, -0.15) is 0 Å². The summed E-state index contributed by atoms with van der Waals surface area (Å²) in [6.07, 6.45) is 1.75. The zero-order valence-electron chi connectivity index (χ0n) is 9.55. The minimum atomic E-state index is -0.242. The number of rotatable bonds is 2. The molecule has 0 unspecified atom stereocenters. The molecule has 0 aliphatic carbocycles. The van der Waals surface area contributed by atoms with Crippen molar-refractivity contribution in [3.63, 3.8) is 0 Å². The molecule has 1 heterocycles. The van der Waals surface area contributed by atoms with Gasteiger partial charge in [-0.3, -0.25) is 9.36 Å². The van der Waals surface area contributed by atoms with Gasteiger partial charge >= 0.3 is 0 Å². The molecule has 0 atom stereocenters. The Bertz CT molecular complexity index is 609. The Hall–Kier alpha value is -2.29. The molecule has 0 aliphatic heterocycles. The maximum Gasteiger partial charge on any atom is 0.258 e. The van der Waals surface area contributed by atoms with Gasteiger partial charge < -0.3 is 5.11 Å². The molecule has 3 nitrogen and oxygen atoms in total. The smallest absolute Gasteiger partial charge is 0.258 e. The van der Waals surface area contributed by atoms with Crippen LogP contribution in [-0.4, -0.2) is 9.67 Å². The number of aromatic hydroxyl groups is 1. The standard InChI is InChI=1S/C14H13NO2/c1-3-11-4-6-12(7-5-11)15-10(2)8-13(16)9-14(15)17/h3-9,16H,1H2,2H3. The van der Waals surface area contributed by atoms with Crippen LogP contribution in [-0.2, 0) is 0 Å². The highest BCUT2D eigenvalue weighted by atomic mass is 16.3. The van der Waals surface area contributed by atoms with Crippen LogP contribution in [0.5, 0.6) is 5.75 Å². The van der Waals surface area contributed by atoms with E-state index < -0.39 is 0 Å². The summed E-state index contributed by atoms with van der Waals surface area (Å²) in [7, 11) is 0. The SMILES string of the molecule is C=Cc1ccc(-n2c(C)cc(O)cc2=O)cc1. The van der Waals surface area contributed by atoms with Gasteiger partial charge in [-0.05, 0) is 30.7 Å². The Labute approximate surface area is 99.3 Å². The van der Waals surface area contributed by atoms with E-state index in [9.17, 15) is 9.90 Å². The molecule has 0 saturated carbocycles. The Kier molecular flexibility index (Phi) is 2.83. The first-order valence-corrected chi connectivity index (χ1v) is 5.27. The number of aromatic nitrogens is 1. The number of nitrogens with zero attached hydrogens (tertiary/aromatic N) is 1. The van der Waals surface area contributed by atoms with Crippen molar-refractivity contribution in [1.29, 1.82) is 0 Å². The van der Waals surface area contributed by atoms with E-state index >= 15 is 0 Å². The third-order valence-electron chi connectivity index (χ3n) is 2.59. The molecule has 0 aliphatic rings. The zero-order chi connectivity index (χ0) is 12.4. The van der Waals surface area contributed by atoms with Crippen LogP contribution < -0.4 is 5.56 Å². The normalized spacial score (nSPS) is 10.2. The van der Waals surface area contributed by atoms with Gasteiger partial charge in [0.05, 0.1) is 0 Å². The highest BCUT2D eigenvalue weighted by molar-refractivity contribution is 5.50. The van der Waals surface area contributed by atoms with Crippen LogP contribution in [0, 0.1) is 6.92 Å². The first-order chi connectivity index (χ1) is 8.11. The van der Waals surface area contributed by atoms with Crippen molar-refractivity contribution in [3.8, 4) is 11.4 Å². The van der Waals surface area contributed by atoms with Gasteiger partial charge in [-0.25, -0.2) is 0 Å². The van der Waals surface area contributed by atoms with Crippen LogP contribution in [0.25, 0.3) is 11.8 Å². The molecule has 2 rings (SSSR count). The van der Waals surface area contributed by atoms with Crippen molar-refractivity contribution in [2.45, 2.75) is 6.92 Å². The van der Waals surface area contributed by atoms with Gasteiger partial charge in [-0.15, -0.1) is 0 Å². The van der Waals surface area contributed by atoms with E-state index in [-0.39, 0.29) is 11.3 Å². The van der Waals surface area contributed by atoms with Crippen molar-refractivity contribution in [1.82, 2.24) is 4.57 Å². The third kappa shape index (κ3) is 2.13. The predicted molar refractivity (Wildman–Crippen MR) is 68.5 cm³/mol. The van der Waals surface area contributed by atoms with Crippen LogP contribution in [0.15, 0.2) is 47.8 Å². The Balaban J connectivity index is 2.60. The topological polar surface area (TPSA) is 42.2 Å². The van der Waals surface area contributed by atoms with Crippen molar-refractivity contribution < 1.29 is 5.11 Å². The fraction of sp³-hybridized carbons (Fsp3) is 0.0714. The summed E-state index contributed by atoms with van der Waals surface area (Å²) in [5, 5.41) is 9.32. The lowest BCUT2D eigenvalue weighted by atomic mass is 10.2. The molecule has 0 spiro atoms. The number of hydrogen-bond donors (Lipinski definition) is 1. The molecule has 0 bridgehead atoms. The fourth-order valence-corrected chi connectivity index (χ4v) is 1.78. The summed E-state index contributed by atoms with van der Waals surface area (Å²) in [5.41, 5.74) is 2.23. The lowest BCUT2D eigenvalue weighted by Crippen LogP contribution is -2.18. The molecule has 1 N–H and O–H groups in total. The second-order valence-electron chi connectivity index (χ2n) is 3.82. The highest BCUT2D eigenvalue weighted by Gasteiger charge is 2.04. The summed E-state index contributed by atoms with van der Waals surface area (Å²) >= 11 is 0. The van der Waals surface area contributed by atoms with Crippen LogP contribution >= 0.6 is 0 Å². The molecule has 0 fully saturated rings. The average molecular weight is 227 g/mol. The van der Waals surface area contributed by atoms with Crippen molar-refractivity contribution in [2.75, 3.05) is 0 Å². The monoisotopic (exact) mass is 227 g/mol. The number of benzene rings is 1. The molecule has 3 heteroatoms. The quantitative estimate of drug-likeness (QED) is 0.856. The highest BCUT2D eigenvalue weighted by Crippen LogP contribution is 2.14. The molecular formula is C14H13NO2. The van der Waals surface area contributed by atoms with Crippen LogP contribution in [0.3, 0.4) is 0 Å². The summed E-state index contributed by atoms with van der Waals surface area (Å²) in [4.78, 5) is 11.8. The van der Waals surface area contributed by atoms with Crippen molar-refractivity contribution in [2.24, 2.45) is 0 Å². The van der Waals surface area contributed by atoms with Gasteiger partial charge in [-0.1, -0.05) is 24.8 Å². The average Bonchev–Trinajstić information content (AvgIpc) is 2.28. The van der Waals surface area contributed by atoms with E-state index in [1.54, 1.807) is 23.6 Å². The molecule has 0 amide bonds. The molecular weight excluding hydrogens is 214 g/mol. The summed E-state index contributed by atoms with van der Waals surface area (Å²) in [6, 6.07) is 10.2. The van der Waals surface area contributed by atoms with Crippen LogP contribution in [0.4, 0.5) is 0 Å². The Morgan fingerprint density at radius 1 is 1.24 bits per heavy atom. The zero-order valence-corrected chi connectivity index (χ0v) is 9.55. The van der Waals surface area contributed by atoms with Crippen molar-refractivity contribution >= 4 is 6.08 Å².